The molecule has 2 aromatic rings. The summed E-state index contributed by atoms with van der Waals surface area (Å²) in [5.41, 5.74) is 0.326. The topological polar surface area (TPSA) is 75.5 Å². The summed E-state index contributed by atoms with van der Waals surface area (Å²) in [5.74, 6) is -0.855. The molecule has 0 atom stereocenters. The molecule has 0 fully saturated rings. The Balaban J connectivity index is 2.14. The molecule has 0 aliphatic heterocycles. The second-order valence-electron chi connectivity index (χ2n) is 4.96. The van der Waals surface area contributed by atoms with E-state index >= 15 is 0 Å². The molecular formula is C16H15ClFN3O3. The van der Waals surface area contributed by atoms with E-state index in [0.717, 1.165) is 0 Å². The van der Waals surface area contributed by atoms with Crippen LogP contribution in [0.25, 0.3) is 0 Å². The summed E-state index contributed by atoms with van der Waals surface area (Å²) in [6.07, 6.45) is 0. The fraction of sp³-hybridized carbons (Fsp3) is 0.188. The van der Waals surface area contributed by atoms with Crippen molar-refractivity contribution in [2.24, 2.45) is 0 Å². The molecule has 24 heavy (non-hydrogen) atoms. The zero-order valence-electron chi connectivity index (χ0n) is 12.8. The van der Waals surface area contributed by atoms with Gasteiger partial charge in [0.25, 0.3) is 5.69 Å². The average Bonchev–Trinajstić information content (AvgIpc) is 2.54. The minimum Gasteiger partial charge on any atom is -0.362 e. The lowest BCUT2D eigenvalue weighted by Gasteiger charge is -2.22. The molecule has 2 rings (SSSR count). The first kappa shape index (κ1) is 17.7. The largest absolute Gasteiger partial charge is 0.362 e. The van der Waals surface area contributed by atoms with Crippen LogP contribution in [0.3, 0.4) is 0 Å². The third kappa shape index (κ3) is 4.42. The van der Waals surface area contributed by atoms with Crippen LogP contribution in [0.15, 0.2) is 42.5 Å². The SMILES string of the molecule is CCN(CC(=O)Nc1ccc(Cl)cc1[N+](=O)[O-])c1cccc(F)c1. The fourth-order valence-electron chi connectivity index (χ4n) is 2.18. The van der Waals surface area contributed by atoms with Crippen molar-refractivity contribution in [3.63, 3.8) is 0 Å². The molecule has 0 unspecified atom stereocenters. The number of hydrogen-bond donors (Lipinski definition) is 1. The molecule has 0 saturated carbocycles. The molecule has 0 heterocycles. The van der Waals surface area contributed by atoms with Gasteiger partial charge in [-0.25, -0.2) is 4.39 Å². The molecule has 2 aromatic carbocycles. The third-order valence-corrected chi connectivity index (χ3v) is 3.56. The lowest BCUT2D eigenvalue weighted by Crippen LogP contribution is -2.33. The van der Waals surface area contributed by atoms with Crippen molar-refractivity contribution in [2.45, 2.75) is 6.92 Å². The van der Waals surface area contributed by atoms with Gasteiger partial charge >= 0.3 is 0 Å². The highest BCUT2D eigenvalue weighted by molar-refractivity contribution is 6.31. The van der Waals surface area contributed by atoms with Crippen molar-refractivity contribution < 1.29 is 14.1 Å². The van der Waals surface area contributed by atoms with Gasteiger partial charge in [-0.15, -0.1) is 0 Å². The van der Waals surface area contributed by atoms with Crippen LogP contribution in [0.1, 0.15) is 6.92 Å². The summed E-state index contributed by atoms with van der Waals surface area (Å²) < 4.78 is 13.3. The van der Waals surface area contributed by atoms with Gasteiger partial charge in [0.15, 0.2) is 0 Å². The van der Waals surface area contributed by atoms with Gasteiger partial charge in [0, 0.05) is 23.3 Å². The summed E-state index contributed by atoms with van der Waals surface area (Å²) in [6.45, 7) is 2.22. The first-order valence-electron chi connectivity index (χ1n) is 7.15. The van der Waals surface area contributed by atoms with Crippen LogP contribution in [0, 0.1) is 15.9 Å². The summed E-state index contributed by atoms with van der Waals surface area (Å²) in [7, 11) is 0. The molecule has 0 bridgehead atoms. The summed E-state index contributed by atoms with van der Waals surface area (Å²) in [6, 6.07) is 9.86. The number of anilines is 2. The maximum Gasteiger partial charge on any atom is 0.294 e. The maximum atomic E-state index is 13.3. The minimum absolute atomic E-state index is 0.0599. The highest BCUT2D eigenvalue weighted by Gasteiger charge is 2.18. The molecule has 1 N–H and O–H groups in total. The monoisotopic (exact) mass is 351 g/mol. The van der Waals surface area contributed by atoms with E-state index in [1.165, 1.54) is 30.3 Å². The highest BCUT2D eigenvalue weighted by atomic mass is 35.5. The second kappa shape index (κ2) is 7.74. The van der Waals surface area contributed by atoms with Crippen LogP contribution in [-0.2, 0) is 4.79 Å². The van der Waals surface area contributed by atoms with Crippen molar-refractivity contribution in [3.8, 4) is 0 Å². The van der Waals surface area contributed by atoms with Gasteiger partial charge in [0.05, 0.1) is 11.5 Å². The van der Waals surface area contributed by atoms with Crippen molar-refractivity contribution in [3.05, 3.63) is 63.4 Å². The molecule has 1 amide bonds. The normalized spacial score (nSPS) is 10.3. The molecule has 0 radical (unpaired) electrons. The number of carbonyl (C=O) groups excluding carboxylic acids is 1. The Morgan fingerprint density at radius 1 is 1.33 bits per heavy atom. The van der Waals surface area contributed by atoms with Crippen molar-refractivity contribution in [2.75, 3.05) is 23.3 Å². The number of halogens is 2. The molecule has 0 saturated heterocycles. The van der Waals surface area contributed by atoms with E-state index in [9.17, 15) is 19.3 Å². The Bertz CT molecular complexity index is 770. The summed E-state index contributed by atoms with van der Waals surface area (Å²) >= 11 is 5.74. The molecule has 0 aromatic heterocycles. The molecule has 0 aliphatic carbocycles. The number of rotatable bonds is 6. The lowest BCUT2D eigenvalue weighted by molar-refractivity contribution is -0.383. The zero-order chi connectivity index (χ0) is 17.7. The Morgan fingerprint density at radius 3 is 2.71 bits per heavy atom. The van der Waals surface area contributed by atoms with E-state index in [4.69, 9.17) is 11.6 Å². The molecule has 0 spiro atoms. The number of likely N-dealkylation sites (N-methyl/N-ethyl adjacent to an activating group) is 1. The molecule has 126 valence electrons. The zero-order valence-corrected chi connectivity index (χ0v) is 13.6. The number of benzene rings is 2. The first-order valence-corrected chi connectivity index (χ1v) is 7.52. The minimum atomic E-state index is -0.619. The van der Waals surface area contributed by atoms with Gasteiger partial charge in [-0.05, 0) is 37.3 Å². The molecule has 0 aliphatic rings. The predicted octanol–water partition coefficient (Wildman–Crippen LogP) is 3.85. The highest BCUT2D eigenvalue weighted by Crippen LogP contribution is 2.27. The van der Waals surface area contributed by atoms with E-state index in [1.807, 2.05) is 6.92 Å². The first-order chi connectivity index (χ1) is 11.4. The molecular weight excluding hydrogens is 337 g/mol. The summed E-state index contributed by atoms with van der Waals surface area (Å²) in [5, 5.41) is 13.7. The van der Waals surface area contributed by atoms with Gasteiger partial charge in [0.1, 0.15) is 11.5 Å². The maximum absolute atomic E-state index is 13.3. The van der Waals surface area contributed by atoms with Crippen LogP contribution in [0.5, 0.6) is 0 Å². The van der Waals surface area contributed by atoms with Gasteiger partial charge in [-0.1, -0.05) is 17.7 Å². The smallest absolute Gasteiger partial charge is 0.294 e. The van der Waals surface area contributed by atoms with E-state index < -0.39 is 16.6 Å². The predicted molar refractivity (Wildman–Crippen MR) is 91.0 cm³/mol. The van der Waals surface area contributed by atoms with Crippen LogP contribution in [0.2, 0.25) is 5.02 Å². The standard InChI is InChI=1S/C16H15ClFN3O3/c1-2-20(13-5-3-4-12(18)9-13)10-16(22)19-14-7-6-11(17)8-15(14)21(23)24/h3-9H,2,10H2,1H3,(H,19,22). The van der Waals surface area contributed by atoms with Crippen LogP contribution in [-0.4, -0.2) is 23.9 Å². The van der Waals surface area contributed by atoms with Crippen molar-refractivity contribution in [1.29, 1.82) is 0 Å². The van der Waals surface area contributed by atoms with E-state index in [-0.39, 0.29) is 22.9 Å². The Morgan fingerprint density at radius 2 is 2.08 bits per heavy atom. The Hall–Kier alpha value is -2.67. The number of nitro groups is 1. The van der Waals surface area contributed by atoms with Gasteiger partial charge in [0.2, 0.25) is 5.91 Å². The average molecular weight is 352 g/mol. The fourth-order valence-corrected chi connectivity index (χ4v) is 2.35. The molecule has 6 nitrogen and oxygen atoms in total. The van der Waals surface area contributed by atoms with Crippen LogP contribution < -0.4 is 10.2 Å². The second-order valence-corrected chi connectivity index (χ2v) is 5.40. The van der Waals surface area contributed by atoms with E-state index in [1.54, 1.807) is 17.0 Å². The number of carbonyl (C=O) groups is 1. The number of hydrogen-bond acceptors (Lipinski definition) is 4. The van der Waals surface area contributed by atoms with Crippen LogP contribution >= 0.6 is 11.6 Å². The number of nitro benzene ring substituents is 1. The van der Waals surface area contributed by atoms with Crippen molar-refractivity contribution in [1.82, 2.24) is 0 Å². The molecule has 8 heteroatoms. The van der Waals surface area contributed by atoms with Gasteiger partial charge < -0.3 is 10.2 Å². The third-order valence-electron chi connectivity index (χ3n) is 3.32. The van der Waals surface area contributed by atoms with Crippen LogP contribution in [0.4, 0.5) is 21.5 Å². The lowest BCUT2D eigenvalue weighted by atomic mass is 10.2. The Kier molecular flexibility index (Phi) is 5.70. The Labute approximate surface area is 143 Å². The van der Waals surface area contributed by atoms with Crippen molar-refractivity contribution >= 4 is 34.6 Å². The number of nitrogens with zero attached hydrogens (tertiary/aromatic N) is 2. The summed E-state index contributed by atoms with van der Waals surface area (Å²) in [4.78, 5) is 24.3. The number of amides is 1. The van der Waals surface area contributed by atoms with E-state index in [0.29, 0.717) is 12.2 Å². The number of nitrogens with one attached hydrogen (secondary N) is 1. The van der Waals surface area contributed by atoms with Gasteiger partial charge in [-0.2, -0.15) is 0 Å². The van der Waals surface area contributed by atoms with E-state index in [2.05, 4.69) is 5.32 Å². The van der Waals surface area contributed by atoms with Gasteiger partial charge in [-0.3, -0.25) is 14.9 Å². The quantitative estimate of drug-likeness (QED) is 0.633.